The molecule has 0 saturated carbocycles. The van der Waals surface area contributed by atoms with Gasteiger partial charge in [0.05, 0.1) is 0 Å². The van der Waals surface area contributed by atoms with Crippen LogP contribution in [0.25, 0.3) is 12.2 Å². The van der Waals surface area contributed by atoms with Gasteiger partial charge >= 0.3 is 0 Å². The van der Waals surface area contributed by atoms with Gasteiger partial charge in [-0.1, -0.05) is 13.2 Å². The Bertz CT molecular complexity index is 269. The van der Waals surface area contributed by atoms with Crippen molar-refractivity contribution < 1.29 is 0 Å². The van der Waals surface area contributed by atoms with E-state index in [1.54, 1.807) is 19.5 Å². The van der Waals surface area contributed by atoms with E-state index in [4.69, 9.17) is 7.74 Å². The zero-order chi connectivity index (χ0) is 8.97. The van der Waals surface area contributed by atoms with Gasteiger partial charge in [0, 0.05) is 14.8 Å². The minimum Gasteiger partial charge on any atom is -0.254 e. The Kier molecular flexibility index (Phi) is 2.97. The van der Waals surface area contributed by atoms with E-state index in [1.165, 1.54) is 11.8 Å². The van der Waals surface area contributed by atoms with Gasteiger partial charge in [-0.2, -0.15) is 10.2 Å². The molecule has 1 heterocycles. The second-order valence-electron chi connectivity index (χ2n) is 2.04. The fraction of sp³-hybridized carbons (Fsp3) is 0. The lowest BCUT2D eigenvalue weighted by molar-refractivity contribution is 0.837. The van der Waals surface area contributed by atoms with E-state index in [0.717, 1.165) is 0 Å². The van der Waals surface area contributed by atoms with Crippen LogP contribution in [0.4, 0.5) is 0 Å². The molecule has 54 valence electrons. The first-order chi connectivity index (χ1) is 5.81. The summed E-state index contributed by atoms with van der Waals surface area (Å²) in [5.41, 5.74) is 1.39. The third-order valence-electron chi connectivity index (χ3n) is 1.29. The normalized spacial score (nSPS) is 9.00. The van der Waals surface area contributed by atoms with Crippen LogP contribution >= 0.6 is 0 Å². The number of hydrogen-bond donors (Lipinski definition) is 0. The van der Waals surface area contributed by atoms with Crippen LogP contribution in [0, 0.1) is 0 Å². The first kappa shape index (κ1) is 8.91. The largest absolute Gasteiger partial charge is 0.254 e. The Hall–Kier alpha value is -1.19. The van der Waals surface area contributed by atoms with Crippen LogP contribution in [0.1, 0.15) is 11.4 Å². The molecule has 6 heteroatoms. The summed E-state index contributed by atoms with van der Waals surface area (Å²) in [5, 5.41) is 8.08. The van der Waals surface area contributed by atoms with E-state index in [9.17, 15) is 0 Å². The molecule has 0 bridgehead atoms. The van der Waals surface area contributed by atoms with Crippen LogP contribution in [0.2, 0.25) is 0 Å². The van der Waals surface area contributed by atoms with Crippen molar-refractivity contribution in [1.29, 1.82) is 0 Å². The smallest absolute Gasteiger partial charge is 0.247 e. The van der Waals surface area contributed by atoms with Gasteiger partial charge in [0.15, 0.2) is 0 Å². The van der Waals surface area contributed by atoms with Gasteiger partial charge in [0.2, 0.25) is 7.31 Å². The van der Waals surface area contributed by atoms with Gasteiger partial charge in [0.25, 0.3) is 0 Å². The molecule has 0 atom stereocenters. The van der Waals surface area contributed by atoms with Gasteiger partial charge in [-0.15, -0.1) is 0 Å². The van der Waals surface area contributed by atoms with Crippen molar-refractivity contribution in [3.8, 4) is 0 Å². The van der Waals surface area contributed by atoms with E-state index in [1.807, 2.05) is 0 Å². The van der Waals surface area contributed by atoms with E-state index in [2.05, 4.69) is 23.4 Å². The van der Waals surface area contributed by atoms with Gasteiger partial charge in [-0.3, -0.25) is 4.71 Å². The maximum Gasteiger partial charge on any atom is 0.247 e. The molecule has 0 amide bonds. The average Bonchev–Trinajstić information content (AvgIpc) is 2.48. The van der Waals surface area contributed by atoms with Crippen LogP contribution in [0.5, 0.6) is 0 Å². The number of aromatic nitrogens is 3. The predicted molar refractivity (Wildman–Crippen MR) is 52.9 cm³/mol. The number of nitrogens with zero attached hydrogens (tertiary/aromatic N) is 3. The van der Waals surface area contributed by atoms with Crippen molar-refractivity contribution in [2.75, 3.05) is 0 Å². The molecule has 0 N–H and O–H groups in total. The van der Waals surface area contributed by atoms with Crippen molar-refractivity contribution in [3.05, 3.63) is 24.5 Å². The Balaban J connectivity index is 2.96. The van der Waals surface area contributed by atoms with E-state index < -0.39 is 0 Å². The highest BCUT2D eigenvalue weighted by Crippen LogP contribution is 2.04. The predicted octanol–water partition coefficient (Wildman–Crippen LogP) is -0.266. The molecule has 0 saturated heterocycles. The molecular formula is C6H6B3N3. The minimum atomic E-state index is 0.697. The molecule has 0 aliphatic heterocycles. The molecule has 12 heavy (non-hydrogen) atoms. The molecule has 1 aromatic rings. The molecule has 1 rings (SSSR count). The molecule has 0 fully saturated rings. The quantitative estimate of drug-likeness (QED) is 0.557. The van der Waals surface area contributed by atoms with Crippen LogP contribution in [-0.4, -0.2) is 37.0 Å². The summed E-state index contributed by atoms with van der Waals surface area (Å²) in [6.45, 7) is 7.19. The lowest BCUT2D eigenvalue weighted by Gasteiger charge is -1.89. The van der Waals surface area contributed by atoms with Crippen molar-refractivity contribution in [2.45, 2.75) is 0 Å². The van der Waals surface area contributed by atoms with Crippen LogP contribution in [0.3, 0.4) is 0 Å². The van der Waals surface area contributed by atoms with Crippen molar-refractivity contribution in [3.63, 3.8) is 0 Å². The number of hydrogen-bond acceptors (Lipinski definition) is 2. The highest BCUT2D eigenvalue weighted by Gasteiger charge is 2.03. The summed E-state index contributed by atoms with van der Waals surface area (Å²) in [7, 11) is 8.07. The maximum atomic E-state index is 5.17. The summed E-state index contributed by atoms with van der Waals surface area (Å²) in [6, 6.07) is 0. The molecule has 0 aliphatic carbocycles. The minimum absolute atomic E-state index is 0.697. The Labute approximate surface area is 74.4 Å². The molecule has 0 aliphatic rings. The molecule has 3 nitrogen and oxygen atoms in total. The molecule has 0 spiro atoms. The van der Waals surface area contributed by atoms with Crippen molar-refractivity contribution in [1.82, 2.24) is 14.9 Å². The Morgan fingerprint density at radius 1 is 1.25 bits per heavy atom. The van der Waals surface area contributed by atoms with Crippen molar-refractivity contribution in [2.24, 2.45) is 0 Å². The van der Waals surface area contributed by atoms with Gasteiger partial charge in [-0.25, -0.2) is 0 Å². The van der Waals surface area contributed by atoms with Crippen molar-refractivity contribution >= 4 is 34.3 Å². The molecule has 4 radical (unpaired) electrons. The Morgan fingerprint density at radius 3 is 2.08 bits per heavy atom. The standard InChI is InChI=1S/C6H6B3N3/c1-3-5-6(4-2)11-12(10-5)9-8-7/h3-4H,1-2H2. The highest BCUT2D eigenvalue weighted by atomic mass is 15.4. The van der Waals surface area contributed by atoms with E-state index >= 15 is 0 Å². The van der Waals surface area contributed by atoms with Crippen LogP contribution in [-0.2, 0) is 0 Å². The SMILES string of the molecule is [B][B][B]n1nc(C=C)c(C=C)n1. The first-order valence-electron chi connectivity index (χ1n) is 3.42. The summed E-state index contributed by atoms with van der Waals surface area (Å²) in [5.74, 6) is 0. The van der Waals surface area contributed by atoms with Crippen LogP contribution in [0.15, 0.2) is 13.2 Å². The zero-order valence-electron chi connectivity index (χ0n) is 6.64. The second-order valence-corrected chi connectivity index (χ2v) is 2.04. The summed E-state index contributed by atoms with van der Waals surface area (Å²) < 4.78 is 1.37. The lowest BCUT2D eigenvalue weighted by atomic mass is 9.34. The topological polar surface area (TPSA) is 30.7 Å². The third-order valence-corrected chi connectivity index (χ3v) is 1.29. The fourth-order valence-electron chi connectivity index (χ4n) is 0.780. The summed E-state index contributed by atoms with van der Waals surface area (Å²) in [6.07, 6.45) is 3.23. The maximum absolute atomic E-state index is 5.17. The van der Waals surface area contributed by atoms with E-state index in [-0.39, 0.29) is 0 Å². The zero-order valence-corrected chi connectivity index (χ0v) is 6.64. The van der Waals surface area contributed by atoms with Gasteiger partial charge in [-0.05, 0) is 12.2 Å². The first-order valence-corrected chi connectivity index (χ1v) is 3.42. The molecule has 1 aromatic heterocycles. The lowest BCUT2D eigenvalue weighted by Crippen LogP contribution is -2.17. The van der Waals surface area contributed by atoms with E-state index in [0.29, 0.717) is 11.4 Å². The average molecular weight is 153 g/mol. The van der Waals surface area contributed by atoms with Gasteiger partial charge < -0.3 is 0 Å². The summed E-state index contributed by atoms with van der Waals surface area (Å²) >= 11 is 0. The Morgan fingerprint density at radius 2 is 1.75 bits per heavy atom. The van der Waals surface area contributed by atoms with Gasteiger partial charge in [0.1, 0.15) is 11.4 Å². The summed E-state index contributed by atoms with van der Waals surface area (Å²) in [4.78, 5) is 0. The monoisotopic (exact) mass is 153 g/mol. The van der Waals surface area contributed by atoms with Crippen LogP contribution < -0.4 is 0 Å². The molecule has 0 unspecified atom stereocenters. The highest BCUT2D eigenvalue weighted by molar-refractivity contribution is 7.23. The second kappa shape index (κ2) is 4.00. The number of rotatable bonds is 4. The fourth-order valence-corrected chi connectivity index (χ4v) is 0.780. The third kappa shape index (κ3) is 1.70. The molecule has 0 aromatic carbocycles. The molecular weight excluding hydrogens is 147 g/mol.